The molecule has 0 unspecified atom stereocenters. The Morgan fingerprint density at radius 3 is 2.62 bits per heavy atom. The molecule has 1 aliphatic rings. The van der Waals surface area contributed by atoms with Gasteiger partial charge in [0.15, 0.2) is 15.7 Å². The summed E-state index contributed by atoms with van der Waals surface area (Å²) in [5, 5.41) is 1.71. The number of benzene rings is 1. The van der Waals surface area contributed by atoms with Crippen LogP contribution in [0.1, 0.15) is 6.42 Å². The zero-order chi connectivity index (χ0) is 14.9. The quantitative estimate of drug-likeness (QED) is 0.872. The van der Waals surface area contributed by atoms with Crippen molar-refractivity contribution in [2.24, 2.45) is 0 Å². The summed E-state index contributed by atoms with van der Waals surface area (Å²) in [4.78, 5) is 0. The lowest BCUT2D eigenvalue weighted by molar-refractivity contribution is 0.297. The molecule has 0 radical (unpaired) electrons. The van der Waals surface area contributed by atoms with Gasteiger partial charge in [0.1, 0.15) is 0 Å². The van der Waals surface area contributed by atoms with Crippen molar-refractivity contribution in [1.29, 1.82) is 0 Å². The van der Waals surface area contributed by atoms with E-state index in [0.717, 1.165) is 17.8 Å². The lowest BCUT2D eigenvalue weighted by Gasteiger charge is -2.11. The average Bonchev–Trinajstić information content (AvgIpc) is 2.74. The van der Waals surface area contributed by atoms with E-state index < -0.39 is 10.0 Å². The Hall–Kier alpha value is -1.25. The maximum Gasteiger partial charge on any atom is 0.272 e. The molecular formula is C13H12BrNO4S2. The molecule has 0 fully saturated rings. The van der Waals surface area contributed by atoms with E-state index in [1.807, 2.05) is 0 Å². The van der Waals surface area contributed by atoms with Crippen LogP contribution in [-0.2, 0) is 10.0 Å². The summed E-state index contributed by atoms with van der Waals surface area (Å²) in [5.74, 6) is 1.19. The molecule has 0 saturated carbocycles. The fourth-order valence-electron chi connectivity index (χ4n) is 1.90. The molecule has 1 aromatic carbocycles. The maximum absolute atomic E-state index is 12.3. The molecule has 21 heavy (non-hydrogen) atoms. The smallest absolute Gasteiger partial charge is 0.272 e. The van der Waals surface area contributed by atoms with Gasteiger partial charge in [0.2, 0.25) is 0 Å². The van der Waals surface area contributed by atoms with Crippen LogP contribution >= 0.6 is 27.3 Å². The Morgan fingerprint density at radius 1 is 1.14 bits per heavy atom. The SMILES string of the molecule is O=S(=O)(Nc1ccc2c(c1)OCCCO2)c1sccc1Br. The van der Waals surface area contributed by atoms with Crippen molar-refractivity contribution in [3.8, 4) is 11.5 Å². The number of anilines is 1. The van der Waals surface area contributed by atoms with Crippen LogP contribution in [0.25, 0.3) is 0 Å². The van der Waals surface area contributed by atoms with E-state index in [9.17, 15) is 8.42 Å². The monoisotopic (exact) mass is 389 g/mol. The van der Waals surface area contributed by atoms with Gasteiger partial charge < -0.3 is 9.47 Å². The van der Waals surface area contributed by atoms with Crippen LogP contribution in [0.2, 0.25) is 0 Å². The third-order valence-electron chi connectivity index (χ3n) is 2.83. The van der Waals surface area contributed by atoms with Crippen molar-refractivity contribution in [1.82, 2.24) is 0 Å². The highest BCUT2D eigenvalue weighted by Crippen LogP contribution is 2.34. The number of nitrogens with one attached hydrogen (secondary N) is 1. The Bertz CT molecular complexity index is 757. The average molecular weight is 390 g/mol. The first-order valence-corrected chi connectivity index (χ1v) is 9.37. The molecule has 0 aliphatic carbocycles. The van der Waals surface area contributed by atoms with Crippen molar-refractivity contribution in [2.45, 2.75) is 10.6 Å². The molecule has 8 heteroatoms. The maximum atomic E-state index is 12.3. The molecule has 0 amide bonds. The molecule has 5 nitrogen and oxygen atoms in total. The van der Waals surface area contributed by atoms with Gasteiger partial charge in [0.05, 0.1) is 18.9 Å². The summed E-state index contributed by atoms with van der Waals surface area (Å²) >= 11 is 4.39. The van der Waals surface area contributed by atoms with Crippen molar-refractivity contribution in [3.05, 3.63) is 34.1 Å². The van der Waals surface area contributed by atoms with Gasteiger partial charge in [-0.2, -0.15) is 0 Å². The minimum Gasteiger partial charge on any atom is -0.490 e. The first-order chi connectivity index (χ1) is 10.1. The summed E-state index contributed by atoms with van der Waals surface area (Å²) in [6, 6.07) is 6.71. The molecule has 0 atom stereocenters. The zero-order valence-corrected chi connectivity index (χ0v) is 14.1. The third kappa shape index (κ3) is 3.17. The van der Waals surface area contributed by atoms with Gasteiger partial charge in [0, 0.05) is 17.0 Å². The van der Waals surface area contributed by atoms with Crippen molar-refractivity contribution < 1.29 is 17.9 Å². The van der Waals surface area contributed by atoms with Crippen molar-refractivity contribution in [2.75, 3.05) is 17.9 Å². The zero-order valence-electron chi connectivity index (χ0n) is 10.8. The molecule has 1 aromatic heterocycles. The Kier molecular flexibility index (Phi) is 4.10. The minimum absolute atomic E-state index is 0.245. The predicted molar refractivity (Wildman–Crippen MR) is 84.9 cm³/mol. The summed E-state index contributed by atoms with van der Waals surface area (Å²) < 4.78 is 39.0. The fourth-order valence-corrected chi connectivity index (χ4v) is 5.29. The summed E-state index contributed by atoms with van der Waals surface area (Å²) in [5.41, 5.74) is 0.444. The molecule has 0 spiro atoms. The number of hydrogen-bond donors (Lipinski definition) is 1. The topological polar surface area (TPSA) is 64.6 Å². The number of hydrogen-bond acceptors (Lipinski definition) is 5. The second-order valence-electron chi connectivity index (χ2n) is 4.37. The molecular weight excluding hydrogens is 378 g/mol. The highest BCUT2D eigenvalue weighted by atomic mass is 79.9. The lowest BCUT2D eigenvalue weighted by Crippen LogP contribution is -2.12. The highest BCUT2D eigenvalue weighted by Gasteiger charge is 2.20. The molecule has 1 aliphatic heterocycles. The van der Waals surface area contributed by atoms with Crippen molar-refractivity contribution in [3.63, 3.8) is 0 Å². The molecule has 2 heterocycles. The van der Waals surface area contributed by atoms with Crippen molar-refractivity contribution >= 4 is 43.0 Å². The number of sulfonamides is 1. The number of halogens is 1. The normalized spacial score (nSPS) is 14.5. The number of fused-ring (bicyclic) bond motifs is 1. The summed E-state index contributed by atoms with van der Waals surface area (Å²) in [6.45, 7) is 1.15. The molecule has 1 N–H and O–H groups in total. The first kappa shape index (κ1) is 14.7. The predicted octanol–water partition coefficient (Wildman–Crippen LogP) is 3.47. The molecule has 2 aromatic rings. The number of rotatable bonds is 3. The second kappa shape index (κ2) is 5.86. The second-order valence-corrected chi connectivity index (χ2v) is 8.02. The van der Waals surface area contributed by atoms with Gasteiger partial charge in [-0.3, -0.25) is 4.72 Å². The fraction of sp³-hybridized carbons (Fsp3) is 0.231. The van der Waals surface area contributed by atoms with E-state index in [-0.39, 0.29) is 4.21 Å². The Morgan fingerprint density at radius 2 is 1.90 bits per heavy atom. The number of ether oxygens (including phenoxy) is 2. The van der Waals surface area contributed by atoms with Crippen LogP contribution in [0.15, 0.2) is 38.3 Å². The lowest BCUT2D eigenvalue weighted by atomic mass is 10.3. The van der Waals surface area contributed by atoms with Crippen LogP contribution in [0.4, 0.5) is 5.69 Å². The molecule has 0 saturated heterocycles. The van der Waals surface area contributed by atoms with Crippen LogP contribution in [0.3, 0.4) is 0 Å². The van der Waals surface area contributed by atoms with Crippen LogP contribution in [0.5, 0.6) is 11.5 Å². The Labute approximate surface area is 135 Å². The standard InChI is InChI=1S/C13H12BrNO4S2/c14-10-4-7-20-13(10)21(16,17)15-9-2-3-11-12(8-9)19-6-1-5-18-11/h2-4,7-8,15H,1,5-6H2. The largest absolute Gasteiger partial charge is 0.490 e. The molecule has 0 bridgehead atoms. The molecule has 3 rings (SSSR count). The van der Waals surface area contributed by atoms with Gasteiger partial charge in [-0.15, -0.1) is 11.3 Å². The van der Waals surface area contributed by atoms with E-state index in [0.29, 0.717) is 34.9 Å². The van der Waals surface area contributed by atoms with Crippen LogP contribution in [0, 0.1) is 0 Å². The van der Waals surface area contributed by atoms with Gasteiger partial charge in [-0.25, -0.2) is 8.42 Å². The van der Waals surface area contributed by atoms with Gasteiger partial charge >= 0.3 is 0 Å². The third-order valence-corrected chi connectivity index (χ3v) is 6.88. The number of thiophene rings is 1. The van der Waals surface area contributed by atoms with E-state index in [1.165, 1.54) is 0 Å². The van der Waals surface area contributed by atoms with E-state index in [1.54, 1.807) is 29.6 Å². The summed E-state index contributed by atoms with van der Waals surface area (Å²) in [7, 11) is -3.61. The highest BCUT2D eigenvalue weighted by molar-refractivity contribution is 9.10. The minimum atomic E-state index is -3.61. The molecule has 112 valence electrons. The van der Waals surface area contributed by atoms with E-state index in [2.05, 4.69) is 20.7 Å². The van der Waals surface area contributed by atoms with Crippen LogP contribution < -0.4 is 14.2 Å². The van der Waals surface area contributed by atoms with E-state index >= 15 is 0 Å². The first-order valence-electron chi connectivity index (χ1n) is 6.22. The van der Waals surface area contributed by atoms with Gasteiger partial charge in [0.25, 0.3) is 10.0 Å². The summed E-state index contributed by atoms with van der Waals surface area (Å²) in [6.07, 6.45) is 0.803. The van der Waals surface area contributed by atoms with Gasteiger partial charge in [-0.1, -0.05) is 0 Å². The van der Waals surface area contributed by atoms with E-state index in [4.69, 9.17) is 9.47 Å². The van der Waals surface area contributed by atoms with Crippen LogP contribution in [-0.4, -0.2) is 21.6 Å². The van der Waals surface area contributed by atoms with Gasteiger partial charge in [-0.05, 0) is 39.5 Å². The Balaban J connectivity index is 1.89.